The van der Waals surface area contributed by atoms with Crippen LogP contribution < -0.4 is 21.7 Å². The van der Waals surface area contributed by atoms with Crippen molar-refractivity contribution < 1.29 is 9.37 Å². The number of amides is 1. The zero-order valence-corrected chi connectivity index (χ0v) is 21.6. The smallest absolute Gasteiger partial charge is 0.250 e. The van der Waals surface area contributed by atoms with Gasteiger partial charge in [0.05, 0.1) is 37.3 Å². The highest BCUT2D eigenvalue weighted by atomic mass is 32.2. The van der Waals surface area contributed by atoms with Crippen molar-refractivity contribution >= 4 is 29.1 Å². The topological polar surface area (TPSA) is 97.8 Å². The molecule has 2 aliphatic carbocycles. The van der Waals surface area contributed by atoms with Crippen LogP contribution in [0.2, 0.25) is 0 Å². The van der Waals surface area contributed by atoms with Gasteiger partial charge in [-0.05, 0) is 57.8 Å². The van der Waals surface area contributed by atoms with Gasteiger partial charge in [0.25, 0.3) is 0 Å². The largest absolute Gasteiger partial charge is 0.342 e. The van der Waals surface area contributed by atoms with Gasteiger partial charge in [-0.3, -0.25) is 26.2 Å². The standard InChI is InChI=1S/C25H43N7OS/c1-31-23(15-22(30-25(31)26)28-19-10-11-20-21(14-19)34-16-27-20)29-18-8-6-17(7-9-18)24(33)32-12-4-2-3-5-13-32/h16-22,25,28,30H,2-15,26H2,1H3/p+1. The molecule has 2 saturated carbocycles. The van der Waals surface area contributed by atoms with Crippen molar-refractivity contribution in [2.24, 2.45) is 16.6 Å². The van der Waals surface area contributed by atoms with Gasteiger partial charge >= 0.3 is 0 Å². The second kappa shape index (κ2) is 11.3. The van der Waals surface area contributed by atoms with E-state index in [0.29, 0.717) is 29.3 Å². The summed E-state index contributed by atoms with van der Waals surface area (Å²) in [6.45, 7) is 1.93. The quantitative estimate of drug-likeness (QED) is 0.449. The van der Waals surface area contributed by atoms with E-state index in [2.05, 4.69) is 37.5 Å². The molecule has 0 aromatic rings. The van der Waals surface area contributed by atoms with E-state index in [-0.39, 0.29) is 18.4 Å². The number of nitrogens with two attached hydrogens (primary N) is 1. The zero-order valence-electron chi connectivity index (χ0n) is 20.8. The first kappa shape index (κ1) is 24.5. The second-order valence-corrected chi connectivity index (χ2v) is 12.1. The number of nitrogens with one attached hydrogen (secondary N) is 3. The number of hydrogen-bond acceptors (Lipinski definition) is 7. The molecule has 0 bridgehead atoms. The van der Waals surface area contributed by atoms with Gasteiger partial charge < -0.3 is 4.90 Å². The molecule has 3 heterocycles. The molecule has 190 valence electrons. The third-order valence-electron chi connectivity index (χ3n) is 8.66. The van der Waals surface area contributed by atoms with Crippen LogP contribution in [0.15, 0.2) is 4.99 Å². The summed E-state index contributed by atoms with van der Waals surface area (Å²) in [4.78, 5) is 19.8. The molecular formula is C25H44N7OS+. The van der Waals surface area contributed by atoms with Crippen LogP contribution in [0.3, 0.4) is 0 Å². The number of carbonyl (C=O) groups is 1. The summed E-state index contributed by atoms with van der Waals surface area (Å²) in [5.74, 6) is 1.85. The first-order valence-electron chi connectivity index (χ1n) is 13.7. The van der Waals surface area contributed by atoms with Gasteiger partial charge in [0.2, 0.25) is 18.0 Å². The molecule has 0 spiro atoms. The SMILES string of the molecule is C[N+]1=C(NC2CCC(C(=O)N3CCCCCC3)CC2)CC(NC2CCC3N=CSC3C2)NC1N. The summed E-state index contributed by atoms with van der Waals surface area (Å²) in [5, 5.41) is 11.9. The Balaban J connectivity index is 1.10. The number of hydrogen-bond donors (Lipinski definition) is 4. The van der Waals surface area contributed by atoms with Gasteiger partial charge in [-0.25, -0.2) is 9.89 Å². The second-order valence-electron chi connectivity index (χ2n) is 11.0. The Morgan fingerprint density at radius 3 is 2.62 bits per heavy atom. The Labute approximate surface area is 209 Å². The summed E-state index contributed by atoms with van der Waals surface area (Å²) < 4.78 is 2.14. The summed E-state index contributed by atoms with van der Waals surface area (Å²) in [6, 6.07) is 1.48. The molecule has 0 radical (unpaired) electrons. The lowest BCUT2D eigenvalue weighted by Crippen LogP contribution is -2.65. The third-order valence-corrected chi connectivity index (χ3v) is 9.76. The van der Waals surface area contributed by atoms with E-state index in [9.17, 15) is 4.79 Å². The molecule has 5 unspecified atom stereocenters. The minimum atomic E-state index is -0.199. The maximum atomic E-state index is 13.0. The van der Waals surface area contributed by atoms with Crippen LogP contribution in [0.25, 0.3) is 0 Å². The minimum Gasteiger partial charge on any atom is -0.342 e. The summed E-state index contributed by atoms with van der Waals surface area (Å²) in [6.07, 6.45) is 13.4. The van der Waals surface area contributed by atoms with Gasteiger partial charge in [0, 0.05) is 30.3 Å². The van der Waals surface area contributed by atoms with E-state index in [1.807, 2.05) is 17.3 Å². The molecule has 5 rings (SSSR count). The molecular weight excluding hydrogens is 446 g/mol. The molecule has 1 saturated heterocycles. The van der Waals surface area contributed by atoms with Crippen LogP contribution in [0, 0.1) is 5.92 Å². The summed E-state index contributed by atoms with van der Waals surface area (Å²) in [7, 11) is 2.07. The molecule has 3 aliphatic heterocycles. The minimum absolute atomic E-state index is 0.184. The molecule has 0 aromatic heterocycles. The van der Waals surface area contributed by atoms with Crippen LogP contribution in [-0.4, -0.2) is 82.7 Å². The number of carbonyl (C=O) groups excluding carboxylic acids is 1. The summed E-state index contributed by atoms with van der Waals surface area (Å²) >= 11 is 1.90. The third kappa shape index (κ3) is 5.79. The number of aliphatic imine (C=N–C) groups is 1. The van der Waals surface area contributed by atoms with E-state index in [0.717, 1.165) is 45.2 Å². The predicted molar refractivity (Wildman–Crippen MR) is 139 cm³/mol. The normalized spacial score (nSPS) is 39.0. The van der Waals surface area contributed by atoms with E-state index < -0.39 is 0 Å². The lowest BCUT2D eigenvalue weighted by atomic mass is 9.85. The Bertz CT molecular complexity index is 773. The highest BCUT2D eigenvalue weighted by Gasteiger charge is 2.37. The van der Waals surface area contributed by atoms with Crippen molar-refractivity contribution in [3.05, 3.63) is 0 Å². The van der Waals surface area contributed by atoms with E-state index in [1.165, 1.54) is 50.8 Å². The fourth-order valence-corrected chi connectivity index (χ4v) is 7.59. The lowest BCUT2D eigenvalue weighted by molar-refractivity contribution is -0.553. The van der Waals surface area contributed by atoms with Crippen LogP contribution in [0.5, 0.6) is 0 Å². The molecule has 34 heavy (non-hydrogen) atoms. The lowest BCUT2D eigenvalue weighted by Gasteiger charge is -2.37. The maximum Gasteiger partial charge on any atom is 0.250 e. The van der Waals surface area contributed by atoms with Gasteiger partial charge in [-0.2, -0.15) is 0 Å². The van der Waals surface area contributed by atoms with E-state index in [1.54, 1.807) is 0 Å². The van der Waals surface area contributed by atoms with Crippen LogP contribution in [0.1, 0.15) is 77.0 Å². The van der Waals surface area contributed by atoms with Crippen molar-refractivity contribution in [3.63, 3.8) is 0 Å². The number of rotatable bonds is 4. The highest BCUT2D eigenvalue weighted by Crippen LogP contribution is 2.34. The fourth-order valence-electron chi connectivity index (χ4n) is 6.48. The molecule has 9 heteroatoms. The Kier molecular flexibility index (Phi) is 8.13. The average molecular weight is 491 g/mol. The van der Waals surface area contributed by atoms with Crippen LogP contribution in [-0.2, 0) is 4.79 Å². The van der Waals surface area contributed by atoms with Crippen molar-refractivity contribution in [1.29, 1.82) is 0 Å². The van der Waals surface area contributed by atoms with Gasteiger partial charge in [0.1, 0.15) is 0 Å². The van der Waals surface area contributed by atoms with Crippen molar-refractivity contribution in [1.82, 2.24) is 20.9 Å². The number of amidine groups is 1. The number of fused-ring (bicyclic) bond motifs is 1. The molecule has 5 aliphatic rings. The molecule has 3 fully saturated rings. The Morgan fingerprint density at radius 1 is 1.12 bits per heavy atom. The Hall–Kier alpha value is -1.16. The monoisotopic (exact) mass is 490 g/mol. The number of likely N-dealkylation sites (tertiary alicyclic amines) is 1. The fraction of sp³-hybridized carbons (Fsp3) is 0.880. The highest BCUT2D eigenvalue weighted by molar-refractivity contribution is 8.12. The van der Waals surface area contributed by atoms with Crippen molar-refractivity contribution in [2.75, 3.05) is 20.1 Å². The molecule has 5 atom stereocenters. The maximum absolute atomic E-state index is 13.0. The Morgan fingerprint density at radius 2 is 1.85 bits per heavy atom. The van der Waals surface area contributed by atoms with Gasteiger partial charge in [0.15, 0.2) is 0 Å². The number of nitrogens with zero attached hydrogens (tertiary/aromatic N) is 3. The first-order chi connectivity index (χ1) is 16.6. The molecule has 0 aromatic carbocycles. The summed E-state index contributed by atoms with van der Waals surface area (Å²) in [5.41, 5.74) is 8.50. The predicted octanol–water partition coefficient (Wildman–Crippen LogP) is 1.79. The molecule has 8 nitrogen and oxygen atoms in total. The number of thioether (sulfide) groups is 1. The van der Waals surface area contributed by atoms with Crippen molar-refractivity contribution in [3.8, 4) is 0 Å². The van der Waals surface area contributed by atoms with E-state index >= 15 is 0 Å². The average Bonchev–Trinajstić information content (AvgIpc) is 3.14. The zero-order chi connectivity index (χ0) is 23.5. The van der Waals surface area contributed by atoms with Crippen molar-refractivity contribution in [2.45, 2.75) is 113 Å². The van der Waals surface area contributed by atoms with Crippen LogP contribution >= 0.6 is 11.8 Å². The molecule has 1 amide bonds. The van der Waals surface area contributed by atoms with Crippen LogP contribution in [0.4, 0.5) is 0 Å². The van der Waals surface area contributed by atoms with E-state index in [4.69, 9.17) is 5.73 Å². The first-order valence-corrected chi connectivity index (χ1v) is 14.6. The van der Waals surface area contributed by atoms with Gasteiger partial charge in [-0.15, -0.1) is 11.8 Å². The molecule has 5 N–H and O–H groups in total. The van der Waals surface area contributed by atoms with Gasteiger partial charge in [-0.1, -0.05) is 12.8 Å².